The molecule has 1 aromatic heterocycles. The molecular weight excluding hydrogens is 159 g/mol. The first-order valence-electron chi connectivity index (χ1n) is 3.72. The Balaban J connectivity index is 2.30. The fourth-order valence-corrected chi connectivity index (χ4v) is 2.13. The van der Waals surface area contributed by atoms with E-state index in [1.165, 1.54) is 24.2 Å². The molecule has 0 amide bonds. The van der Waals surface area contributed by atoms with Crippen molar-refractivity contribution in [2.24, 2.45) is 0 Å². The fraction of sp³-hybridized carbons (Fsp3) is 0.429. The molecule has 0 aromatic carbocycles. The molecule has 1 heterocycles. The highest BCUT2D eigenvalue weighted by Crippen LogP contribution is 2.39. The molecule has 2 N–H and O–H groups in total. The van der Waals surface area contributed by atoms with Crippen LogP contribution >= 0.6 is 11.3 Å². The maximum absolute atomic E-state index is 8.94. The third kappa shape index (κ3) is 1.34. The van der Waals surface area contributed by atoms with Crippen molar-refractivity contribution in [1.29, 1.82) is 0 Å². The minimum absolute atomic E-state index is 0.609. The summed E-state index contributed by atoms with van der Waals surface area (Å²) >= 11 is 1.43. The minimum Gasteiger partial charge on any atom is -0.423 e. The van der Waals surface area contributed by atoms with Gasteiger partial charge in [0, 0.05) is 4.78 Å². The van der Waals surface area contributed by atoms with Crippen molar-refractivity contribution in [3.05, 3.63) is 17.0 Å². The van der Waals surface area contributed by atoms with E-state index in [9.17, 15) is 0 Å². The van der Waals surface area contributed by atoms with Crippen LogP contribution in [0.4, 0.5) is 0 Å². The van der Waals surface area contributed by atoms with Crippen LogP contribution in [0.2, 0.25) is 0 Å². The van der Waals surface area contributed by atoms with E-state index in [2.05, 4.69) is 0 Å². The van der Waals surface area contributed by atoms with Crippen molar-refractivity contribution in [2.45, 2.75) is 18.8 Å². The van der Waals surface area contributed by atoms with Crippen molar-refractivity contribution in [3.8, 4) is 0 Å². The van der Waals surface area contributed by atoms with Crippen LogP contribution in [-0.4, -0.2) is 17.2 Å². The summed E-state index contributed by atoms with van der Waals surface area (Å²) in [7, 11) is -1.27. The summed E-state index contributed by atoms with van der Waals surface area (Å²) in [6, 6.07) is 2.00. The largest absolute Gasteiger partial charge is 0.499 e. The first-order chi connectivity index (χ1) is 5.29. The molecule has 1 fully saturated rings. The first-order valence-corrected chi connectivity index (χ1v) is 4.60. The molecule has 1 aliphatic rings. The average Bonchev–Trinajstić information content (AvgIpc) is 2.68. The number of hydrogen-bond donors (Lipinski definition) is 2. The van der Waals surface area contributed by atoms with Crippen molar-refractivity contribution < 1.29 is 10.0 Å². The molecule has 0 spiro atoms. The lowest BCUT2D eigenvalue weighted by Crippen LogP contribution is -2.29. The Morgan fingerprint density at radius 2 is 2.18 bits per heavy atom. The van der Waals surface area contributed by atoms with Gasteiger partial charge in [0.15, 0.2) is 0 Å². The Morgan fingerprint density at radius 1 is 1.45 bits per heavy atom. The van der Waals surface area contributed by atoms with E-state index in [0.717, 1.165) is 10.3 Å². The molecule has 11 heavy (non-hydrogen) atoms. The Morgan fingerprint density at radius 3 is 2.73 bits per heavy atom. The van der Waals surface area contributed by atoms with Gasteiger partial charge in [0.25, 0.3) is 0 Å². The van der Waals surface area contributed by atoms with Gasteiger partial charge in [-0.15, -0.1) is 0 Å². The van der Waals surface area contributed by atoms with Crippen LogP contribution in [0.1, 0.15) is 24.3 Å². The molecular formula is C7H9BO2S. The highest BCUT2D eigenvalue weighted by molar-refractivity contribution is 7.20. The predicted molar refractivity (Wildman–Crippen MR) is 46.1 cm³/mol. The molecule has 4 heteroatoms. The van der Waals surface area contributed by atoms with Crippen LogP contribution < -0.4 is 4.78 Å². The number of rotatable bonds is 2. The summed E-state index contributed by atoms with van der Waals surface area (Å²) in [4.78, 5) is 0. The van der Waals surface area contributed by atoms with Crippen LogP contribution in [0.5, 0.6) is 0 Å². The zero-order valence-corrected chi connectivity index (χ0v) is 6.84. The molecule has 0 radical (unpaired) electrons. The third-order valence-corrected chi connectivity index (χ3v) is 2.95. The Hall–Kier alpha value is -0.315. The second kappa shape index (κ2) is 2.62. The van der Waals surface area contributed by atoms with Crippen LogP contribution in [0.15, 0.2) is 11.4 Å². The molecule has 2 nitrogen and oxygen atoms in total. The quantitative estimate of drug-likeness (QED) is 0.623. The summed E-state index contributed by atoms with van der Waals surface area (Å²) < 4.78 is 0.729. The molecule has 2 rings (SSSR count). The summed E-state index contributed by atoms with van der Waals surface area (Å²) in [6.45, 7) is 0. The van der Waals surface area contributed by atoms with E-state index in [-0.39, 0.29) is 0 Å². The number of thiophene rings is 1. The van der Waals surface area contributed by atoms with Crippen molar-refractivity contribution in [1.82, 2.24) is 0 Å². The van der Waals surface area contributed by atoms with E-state index in [4.69, 9.17) is 10.0 Å². The molecule has 0 atom stereocenters. The van der Waals surface area contributed by atoms with Gasteiger partial charge < -0.3 is 10.0 Å². The van der Waals surface area contributed by atoms with E-state index < -0.39 is 7.12 Å². The monoisotopic (exact) mass is 168 g/mol. The van der Waals surface area contributed by atoms with Crippen molar-refractivity contribution in [2.75, 3.05) is 0 Å². The summed E-state index contributed by atoms with van der Waals surface area (Å²) in [6.07, 6.45) is 2.41. The van der Waals surface area contributed by atoms with Gasteiger partial charge in [-0.05, 0) is 35.8 Å². The van der Waals surface area contributed by atoms with Gasteiger partial charge in [-0.1, -0.05) is 0 Å². The van der Waals surface area contributed by atoms with Gasteiger partial charge in [-0.3, -0.25) is 0 Å². The molecule has 0 bridgehead atoms. The van der Waals surface area contributed by atoms with E-state index in [1.807, 2.05) is 11.4 Å². The molecule has 0 saturated heterocycles. The lowest BCUT2D eigenvalue weighted by Gasteiger charge is -1.98. The van der Waals surface area contributed by atoms with Gasteiger partial charge in [-0.2, -0.15) is 11.3 Å². The zero-order chi connectivity index (χ0) is 7.84. The van der Waals surface area contributed by atoms with Crippen molar-refractivity contribution in [3.63, 3.8) is 0 Å². The Kier molecular flexibility index (Phi) is 1.75. The van der Waals surface area contributed by atoms with E-state index in [0.29, 0.717) is 5.92 Å². The van der Waals surface area contributed by atoms with Crippen LogP contribution in [0, 0.1) is 0 Å². The molecule has 0 aliphatic heterocycles. The maximum Gasteiger partial charge on any atom is 0.499 e. The zero-order valence-electron chi connectivity index (χ0n) is 6.03. The lowest BCUT2D eigenvalue weighted by atomic mass is 9.85. The van der Waals surface area contributed by atoms with Gasteiger partial charge in [0.2, 0.25) is 0 Å². The normalized spacial score (nSPS) is 16.9. The maximum atomic E-state index is 8.94. The SMILES string of the molecule is OB(O)c1sccc1C1CC1. The van der Waals surface area contributed by atoms with Crippen molar-refractivity contribution >= 4 is 23.2 Å². The second-order valence-corrected chi connectivity index (χ2v) is 3.84. The van der Waals surface area contributed by atoms with E-state index in [1.54, 1.807) is 0 Å². The first kappa shape index (κ1) is 7.34. The summed E-state index contributed by atoms with van der Waals surface area (Å²) in [5.41, 5.74) is 1.14. The fourth-order valence-electron chi connectivity index (χ4n) is 1.27. The van der Waals surface area contributed by atoms with Gasteiger partial charge in [0.1, 0.15) is 0 Å². The number of hydrogen-bond acceptors (Lipinski definition) is 3. The van der Waals surface area contributed by atoms with Crippen LogP contribution in [0.25, 0.3) is 0 Å². The molecule has 1 aliphatic carbocycles. The van der Waals surface area contributed by atoms with Gasteiger partial charge >= 0.3 is 7.12 Å². The standard InChI is InChI=1S/C7H9BO2S/c9-8(10)7-6(3-4-11-7)5-1-2-5/h3-5,9-10H,1-2H2. The topological polar surface area (TPSA) is 40.5 Å². The predicted octanol–water partition coefficient (Wildman–Crippen LogP) is 0.305. The third-order valence-electron chi connectivity index (χ3n) is 1.98. The average molecular weight is 168 g/mol. The second-order valence-electron chi connectivity index (χ2n) is 2.89. The molecule has 0 unspecified atom stereocenters. The molecule has 58 valence electrons. The Labute approximate surface area is 69.6 Å². The Bertz CT molecular complexity index is 238. The highest BCUT2D eigenvalue weighted by atomic mass is 32.1. The lowest BCUT2D eigenvalue weighted by molar-refractivity contribution is 0.426. The smallest absolute Gasteiger partial charge is 0.423 e. The summed E-state index contributed by atoms with van der Waals surface area (Å²) in [5.74, 6) is 0.609. The highest BCUT2D eigenvalue weighted by Gasteiger charge is 2.29. The van der Waals surface area contributed by atoms with Crippen LogP contribution in [0.3, 0.4) is 0 Å². The van der Waals surface area contributed by atoms with Gasteiger partial charge in [-0.25, -0.2) is 0 Å². The van der Waals surface area contributed by atoms with E-state index >= 15 is 0 Å². The minimum atomic E-state index is -1.27. The van der Waals surface area contributed by atoms with Crippen LogP contribution in [-0.2, 0) is 0 Å². The molecule has 1 aromatic rings. The summed E-state index contributed by atoms with van der Waals surface area (Å²) in [5, 5.41) is 19.8. The van der Waals surface area contributed by atoms with Gasteiger partial charge in [0.05, 0.1) is 0 Å². The molecule has 1 saturated carbocycles.